The topological polar surface area (TPSA) is 37.3 Å². The maximum absolute atomic E-state index is 13.9. The van der Waals surface area contributed by atoms with Gasteiger partial charge in [-0.15, -0.1) is 0 Å². The lowest BCUT2D eigenvalue weighted by molar-refractivity contribution is -0.143. The summed E-state index contributed by atoms with van der Waals surface area (Å²) in [6, 6.07) is 6.90. The zero-order chi connectivity index (χ0) is 13.2. The summed E-state index contributed by atoms with van der Waals surface area (Å²) in [5, 5.41) is 9.03. The fourth-order valence-corrected chi connectivity index (χ4v) is 3.12. The molecule has 0 unspecified atom stereocenters. The third kappa shape index (κ3) is 2.26. The maximum Gasteiger partial charge on any atom is 0.306 e. The molecule has 2 nitrogen and oxygen atoms in total. The van der Waals surface area contributed by atoms with E-state index in [9.17, 15) is 9.18 Å². The van der Waals surface area contributed by atoms with E-state index < -0.39 is 5.97 Å². The van der Waals surface area contributed by atoms with E-state index in [1.165, 1.54) is 6.07 Å². The Morgan fingerprint density at radius 2 is 2.00 bits per heavy atom. The third-order valence-electron chi connectivity index (χ3n) is 4.41. The van der Waals surface area contributed by atoms with Gasteiger partial charge in [0.05, 0.1) is 5.92 Å². The van der Waals surface area contributed by atoms with Gasteiger partial charge in [0.25, 0.3) is 0 Å². The number of carbonyl (C=O) groups is 1. The summed E-state index contributed by atoms with van der Waals surface area (Å²) in [4.78, 5) is 11.0. The van der Waals surface area contributed by atoms with Crippen molar-refractivity contribution < 1.29 is 14.3 Å². The predicted octanol–water partition coefficient (Wildman–Crippen LogP) is 3.75. The Kier molecular flexibility index (Phi) is 3.69. The van der Waals surface area contributed by atoms with Gasteiger partial charge in [0.2, 0.25) is 0 Å². The summed E-state index contributed by atoms with van der Waals surface area (Å²) in [7, 11) is 0. The van der Waals surface area contributed by atoms with Crippen LogP contribution in [0.5, 0.6) is 0 Å². The molecule has 0 radical (unpaired) electrons. The normalized spacial score (nSPS) is 28.0. The van der Waals surface area contributed by atoms with E-state index in [1.807, 2.05) is 12.1 Å². The van der Waals surface area contributed by atoms with E-state index in [1.54, 1.807) is 6.07 Å². The van der Waals surface area contributed by atoms with Crippen LogP contribution in [0.4, 0.5) is 4.39 Å². The molecule has 1 aromatic carbocycles. The first kappa shape index (κ1) is 13.1. The smallest absolute Gasteiger partial charge is 0.306 e. The lowest BCUT2D eigenvalue weighted by Gasteiger charge is -2.39. The summed E-state index contributed by atoms with van der Waals surface area (Å²) in [5.41, 5.74) is 0.591. The molecule has 1 aliphatic carbocycles. The number of halogens is 1. The molecular formula is C15H19FO2. The number of rotatable bonds is 3. The molecule has 1 N–H and O–H groups in total. The van der Waals surface area contributed by atoms with E-state index in [4.69, 9.17) is 5.11 Å². The second kappa shape index (κ2) is 5.09. The molecule has 0 bridgehead atoms. The molecule has 1 saturated carbocycles. The highest BCUT2D eigenvalue weighted by molar-refractivity contribution is 5.70. The van der Waals surface area contributed by atoms with E-state index in [0.717, 1.165) is 24.8 Å². The molecule has 0 aromatic heterocycles. The Balaban J connectivity index is 2.24. The first-order chi connectivity index (χ1) is 8.59. The van der Waals surface area contributed by atoms with Crippen LogP contribution in [0.2, 0.25) is 0 Å². The quantitative estimate of drug-likeness (QED) is 0.887. The van der Waals surface area contributed by atoms with Crippen molar-refractivity contribution in [1.29, 1.82) is 0 Å². The van der Waals surface area contributed by atoms with Crippen molar-refractivity contribution in [2.45, 2.75) is 44.4 Å². The number of benzene rings is 1. The van der Waals surface area contributed by atoms with Gasteiger partial charge in [-0.25, -0.2) is 4.39 Å². The molecule has 1 aliphatic rings. The molecule has 0 amide bonds. The maximum atomic E-state index is 13.9. The van der Waals surface area contributed by atoms with E-state index >= 15 is 0 Å². The zero-order valence-electron chi connectivity index (χ0n) is 10.7. The molecule has 3 heteroatoms. The van der Waals surface area contributed by atoms with Crippen LogP contribution in [0.3, 0.4) is 0 Å². The highest BCUT2D eigenvalue weighted by Gasteiger charge is 2.38. The van der Waals surface area contributed by atoms with Crippen molar-refractivity contribution in [3.05, 3.63) is 35.6 Å². The largest absolute Gasteiger partial charge is 0.481 e. The number of carboxylic acid groups (broad SMARTS) is 1. The molecule has 0 heterocycles. The van der Waals surface area contributed by atoms with Gasteiger partial charge in [-0.05, 0) is 49.1 Å². The molecule has 98 valence electrons. The van der Waals surface area contributed by atoms with Crippen LogP contribution in [0, 0.1) is 11.7 Å². The Morgan fingerprint density at radius 3 is 2.50 bits per heavy atom. The van der Waals surface area contributed by atoms with Gasteiger partial charge in [-0.3, -0.25) is 4.79 Å². The van der Waals surface area contributed by atoms with Crippen LogP contribution in [0.25, 0.3) is 0 Å². The number of aliphatic carboxylic acids is 1. The van der Waals surface area contributed by atoms with E-state index in [-0.39, 0.29) is 17.2 Å². The second-order valence-corrected chi connectivity index (χ2v) is 5.23. The molecule has 0 atom stereocenters. The molecule has 0 aliphatic heterocycles. The molecular weight excluding hydrogens is 231 g/mol. The van der Waals surface area contributed by atoms with E-state index in [2.05, 4.69) is 6.92 Å². The summed E-state index contributed by atoms with van der Waals surface area (Å²) in [6.07, 6.45) is 3.69. The minimum Gasteiger partial charge on any atom is -0.481 e. The Hall–Kier alpha value is -1.38. The molecule has 2 rings (SSSR count). The number of hydrogen-bond donors (Lipinski definition) is 1. The Morgan fingerprint density at radius 1 is 1.39 bits per heavy atom. The van der Waals surface area contributed by atoms with Gasteiger partial charge in [0.1, 0.15) is 5.82 Å². The molecule has 18 heavy (non-hydrogen) atoms. The molecule has 0 spiro atoms. The van der Waals surface area contributed by atoms with E-state index in [0.29, 0.717) is 12.8 Å². The van der Waals surface area contributed by atoms with Gasteiger partial charge in [-0.1, -0.05) is 25.1 Å². The molecule has 1 fully saturated rings. The van der Waals surface area contributed by atoms with Gasteiger partial charge in [0.15, 0.2) is 0 Å². The van der Waals surface area contributed by atoms with Crippen molar-refractivity contribution in [1.82, 2.24) is 0 Å². The molecule has 1 aromatic rings. The SMILES string of the molecule is CCC1(c2ccccc2F)CCC(C(=O)O)CC1. The molecule has 0 saturated heterocycles. The number of hydrogen-bond acceptors (Lipinski definition) is 1. The van der Waals surface area contributed by atoms with Crippen molar-refractivity contribution in [2.24, 2.45) is 5.92 Å². The number of carboxylic acids is 1. The van der Waals surface area contributed by atoms with Gasteiger partial charge in [-0.2, -0.15) is 0 Å². The summed E-state index contributed by atoms with van der Waals surface area (Å²) in [5.74, 6) is -1.13. The van der Waals surface area contributed by atoms with Crippen LogP contribution in [-0.4, -0.2) is 11.1 Å². The standard InChI is InChI=1S/C15H19FO2/c1-2-15(12-5-3-4-6-13(12)16)9-7-11(8-10-15)14(17)18/h3-6,11H,2,7-10H2,1H3,(H,17,18). The highest BCUT2D eigenvalue weighted by atomic mass is 19.1. The first-order valence-corrected chi connectivity index (χ1v) is 6.57. The van der Waals surface area contributed by atoms with Crippen LogP contribution >= 0.6 is 0 Å². The Bertz CT molecular complexity index is 434. The average Bonchev–Trinajstić information content (AvgIpc) is 2.39. The zero-order valence-corrected chi connectivity index (χ0v) is 10.7. The lowest BCUT2D eigenvalue weighted by Crippen LogP contribution is -2.34. The lowest BCUT2D eigenvalue weighted by atomic mass is 9.65. The summed E-state index contributed by atoms with van der Waals surface area (Å²) in [6.45, 7) is 2.06. The van der Waals surface area contributed by atoms with Crippen molar-refractivity contribution in [3.8, 4) is 0 Å². The van der Waals surface area contributed by atoms with Gasteiger partial charge >= 0.3 is 5.97 Å². The minimum absolute atomic E-state index is 0.159. The van der Waals surface area contributed by atoms with Crippen LogP contribution in [-0.2, 0) is 10.2 Å². The van der Waals surface area contributed by atoms with Crippen molar-refractivity contribution in [2.75, 3.05) is 0 Å². The van der Waals surface area contributed by atoms with Crippen molar-refractivity contribution in [3.63, 3.8) is 0 Å². The van der Waals surface area contributed by atoms with Gasteiger partial charge in [0, 0.05) is 0 Å². The fraction of sp³-hybridized carbons (Fsp3) is 0.533. The monoisotopic (exact) mass is 250 g/mol. The minimum atomic E-state index is -0.715. The third-order valence-corrected chi connectivity index (χ3v) is 4.41. The summed E-state index contributed by atoms with van der Waals surface area (Å²) < 4.78 is 13.9. The highest BCUT2D eigenvalue weighted by Crippen LogP contribution is 2.44. The van der Waals surface area contributed by atoms with Crippen LogP contribution in [0.15, 0.2) is 24.3 Å². The second-order valence-electron chi connectivity index (χ2n) is 5.23. The first-order valence-electron chi connectivity index (χ1n) is 6.57. The summed E-state index contributed by atoms with van der Waals surface area (Å²) >= 11 is 0. The predicted molar refractivity (Wildman–Crippen MR) is 68.0 cm³/mol. The fourth-order valence-electron chi connectivity index (χ4n) is 3.12. The average molecular weight is 250 g/mol. The van der Waals surface area contributed by atoms with Crippen molar-refractivity contribution >= 4 is 5.97 Å². The van der Waals surface area contributed by atoms with Crippen LogP contribution < -0.4 is 0 Å². The van der Waals surface area contributed by atoms with Gasteiger partial charge < -0.3 is 5.11 Å². The van der Waals surface area contributed by atoms with Crippen LogP contribution in [0.1, 0.15) is 44.6 Å². The Labute approximate surface area is 107 Å².